The van der Waals surface area contributed by atoms with Gasteiger partial charge in [-0.25, -0.2) is 8.78 Å². The van der Waals surface area contributed by atoms with Gasteiger partial charge in [0.25, 0.3) is 5.91 Å². The molecule has 1 aromatic heterocycles. The number of rotatable bonds is 5. The summed E-state index contributed by atoms with van der Waals surface area (Å²) in [5.41, 5.74) is 4.71. The summed E-state index contributed by atoms with van der Waals surface area (Å²) >= 11 is 0. The number of pyridine rings is 1. The Morgan fingerprint density at radius 3 is 2.32 bits per heavy atom. The Labute approximate surface area is 143 Å². The number of nitrogens with two attached hydrogens (primary N) is 1. The van der Waals surface area contributed by atoms with Crippen LogP contribution in [0.15, 0.2) is 36.5 Å². The molecule has 0 unspecified atom stereocenters. The van der Waals surface area contributed by atoms with Crippen molar-refractivity contribution in [3.05, 3.63) is 65.0 Å². The molecule has 1 aromatic carbocycles. The monoisotopic (exact) mass is 345 g/mol. The molecule has 0 atom stereocenters. The lowest BCUT2D eigenvalue weighted by molar-refractivity contribution is 0.0918. The normalized spacial score (nSPS) is 15.3. The molecule has 2 amide bonds. The maximum absolute atomic E-state index is 14.1. The summed E-state index contributed by atoms with van der Waals surface area (Å²) in [5, 5.41) is 2.69. The van der Waals surface area contributed by atoms with Gasteiger partial charge >= 0.3 is 0 Å². The molecule has 5 nitrogen and oxygen atoms in total. The zero-order valence-electron chi connectivity index (χ0n) is 13.4. The Kier molecular flexibility index (Phi) is 4.48. The first-order chi connectivity index (χ1) is 11.9. The van der Waals surface area contributed by atoms with Crippen molar-refractivity contribution in [2.75, 3.05) is 6.54 Å². The summed E-state index contributed by atoms with van der Waals surface area (Å²) in [6.07, 6.45) is 3.25. The quantitative estimate of drug-likeness (QED) is 0.872. The standard InChI is InChI=1S/C18H17F2N3O2/c19-12-3-1-4-13(20)15(12)18(7-2-8-18)10-23-17(25)14-6-5-11(9-22-14)16(21)24/h1,3-6,9H,2,7-8,10H2,(H2,21,24)(H,23,25). The van der Waals surface area contributed by atoms with Crippen LogP contribution >= 0.6 is 0 Å². The SMILES string of the molecule is NC(=O)c1ccc(C(=O)NCC2(c3c(F)cccc3F)CCC2)nc1. The van der Waals surface area contributed by atoms with Gasteiger partial charge < -0.3 is 11.1 Å². The second-order valence-electron chi connectivity index (χ2n) is 6.21. The number of aromatic nitrogens is 1. The van der Waals surface area contributed by atoms with Crippen LogP contribution in [0, 0.1) is 11.6 Å². The first-order valence-electron chi connectivity index (χ1n) is 7.91. The molecular weight excluding hydrogens is 328 g/mol. The number of hydrogen-bond donors (Lipinski definition) is 2. The van der Waals surface area contributed by atoms with Crippen LogP contribution in [0.1, 0.15) is 45.7 Å². The average Bonchev–Trinajstić information content (AvgIpc) is 2.55. The lowest BCUT2D eigenvalue weighted by Crippen LogP contribution is -2.46. The fourth-order valence-corrected chi connectivity index (χ4v) is 3.14. The van der Waals surface area contributed by atoms with Gasteiger partial charge in [0, 0.05) is 23.7 Å². The summed E-state index contributed by atoms with van der Waals surface area (Å²) < 4.78 is 28.3. The average molecular weight is 345 g/mol. The second kappa shape index (κ2) is 6.58. The molecule has 0 saturated heterocycles. The Morgan fingerprint density at radius 1 is 1.16 bits per heavy atom. The predicted molar refractivity (Wildman–Crippen MR) is 87.0 cm³/mol. The van der Waals surface area contributed by atoms with Crippen LogP contribution in [0.5, 0.6) is 0 Å². The molecule has 1 heterocycles. The van der Waals surface area contributed by atoms with Crippen molar-refractivity contribution < 1.29 is 18.4 Å². The minimum atomic E-state index is -0.738. The molecule has 7 heteroatoms. The van der Waals surface area contributed by atoms with Gasteiger partial charge in [0.15, 0.2) is 0 Å². The molecule has 1 fully saturated rings. The molecule has 25 heavy (non-hydrogen) atoms. The molecule has 2 aromatic rings. The van der Waals surface area contributed by atoms with E-state index >= 15 is 0 Å². The van der Waals surface area contributed by atoms with Gasteiger partial charge in [0.1, 0.15) is 17.3 Å². The molecule has 3 N–H and O–H groups in total. The van der Waals surface area contributed by atoms with Crippen molar-refractivity contribution in [1.29, 1.82) is 0 Å². The number of carbonyl (C=O) groups excluding carboxylic acids is 2. The fraction of sp³-hybridized carbons (Fsp3) is 0.278. The maximum Gasteiger partial charge on any atom is 0.269 e. The third-order valence-corrected chi connectivity index (χ3v) is 4.67. The molecular formula is C18H17F2N3O2. The summed E-state index contributed by atoms with van der Waals surface area (Å²) in [7, 11) is 0. The highest BCUT2D eigenvalue weighted by atomic mass is 19.1. The Hall–Kier alpha value is -2.83. The largest absolute Gasteiger partial charge is 0.366 e. The van der Waals surface area contributed by atoms with E-state index in [0.29, 0.717) is 12.8 Å². The van der Waals surface area contributed by atoms with Crippen molar-refractivity contribution in [2.24, 2.45) is 5.73 Å². The summed E-state index contributed by atoms with van der Waals surface area (Å²) in [6, 6.07) is 6.56. The van der Waals surface area contributed by atoms with Gasteiger partial charge in [-0.1, -0.05) is 12.5 Å². The number of benzene rings is 1. The Morgan fingerprint density at radius 2 is 1.84 bits per heavy atom. The highest BCUT2D eigenvalue weighted by Gasteiger charge is 2.42. The zero-order valence-corrected chi connectivity index (χ0v) is 13.4. The van der Waals surface area contributed by atoms with E-state index in [1.54, 1.807) is 0 Å². The third kappa shape index (κ3) is 3.22. The van der Waals surface area contributed by atoms with E-state index < -0.39 is 28.9 Å². The third-order valence-electron chi connectivity index (χ3n) is 4.67. The second-order valence-corrected chi connectivity index (χ2v) is 6.21. The fourth-order valence-electron chi connectivity index (χ4n) is 3.14. The Balaban J connectivity index is 1.75. The molecule has 1 aliphatic rings. The van der Waals surface area contributed by atoms with Gasteiger partial charge in [-0.2, -0.15) is 0 Å². The number of primary amides is 1. The van der Waals surface area contributed by atoms with Crippen LogP contribution in [0.3, 0.4) is 0 Å². The number of carbonyl (C=O) groups is 2. The predicted octanol–water partition coefficient (Wildman–Crippen LogP) is 2.31. The topological polar surface area (TPSA) is 85.1 Å². The van der Waals surface area contributed by atoms with Crippen molar-refractivity contribution in [3.63, 3.8) is 0 Å². The number of nitrogens with one attached hydrogen (secondary N) is 1. The van der Waals surface area contributed by atoms with E-state index in [1.807, 2.05) is 0 Å². The van der Waals surface area contributed by atoms with Crippen LogP contribution in [-0.4, -0.2) is 23.3 Å². The summed E-state index contributed by atoms with van der Waals surface area (Å²) in [4.78, 5) is 27.1. The number of hydrogen-bond acceptors (Lipinski definition) is 3. The van der Waals surface area contributed by atoms with Crippen molar-refractivity contribution >= 4 is 11.8 Å². The van der Waals surface area contributed by atoms with Crippen molar-refractivity contribution in [3.8, 4) is 0 Å². The molecule has 130 valence electrons. The van der Waals surface area contributed by atoms with Gasteiger partial charge in [0.05, 0.1) is 5.56 Å². The molecule has 0 spiro atoms. The van der Waals surface area contributed by atoms with Gasteiger partial charge in [-0.15, -0.1) is 0 Å². The van der Waals surface area contributed by atoms with Crippen molar-refractivity contribution in [1.82, 2.24) is 10.3 Å². The molecule has 0 radical (unpaired) electrons. The molecule has 0 aliphatic heterocycles. The smallest absolute Gasteiger partial charge is 0.269 e. The van der Waals surface area contributed by atoms with Gasteiger partial charge in [0.2, 0.25) is 5.91 Å². The molecule has 1 aliphatic carbocycles. The van der Waals surface area contributed by atoms with E-state index in [9.17, 15) is 18.4 Å². The van der Waals surface area contributed by atoms with Crippen molar-refractivity contribution in [2.45, 2.75) is 24.7 Å². The highest BCUT2D eigenvalue weighted by Crippen LogP contribution is 2.45. The van der Waals surface area contributed by atoms with Crippen LogP contribution in [-0.2, 0) is 5.41 Å². The molecule has 0 bridgehead atoms. The minimum absolute atomic E-state index is 0.0265. The summed E-state index contributed by atoms with van der Waals surface area (Å²) in [5.74, 6) is -2.31. The van der Waals surface area contributed by atoms with Crippen LogP contribution in [0.2, 0.25) is 0 Å². The van der Waals surface area contributed by atoms with E-state index in [0.717, 1.165) is 6.42 Å². The Bertz CT molecular complexity index is 797. The first-order valence-corrected chi connectivity index (χ1v) is 7.91. The molecule has 3 rings (SSSR count). The number of nitrogens with zero attached hydrogens (tertiary/aromatic N) is 1. The van der Waals surface area contributed by atoms with E-state index in [4.69, 9.17) is 5.73 Å². The molecule has 1 saturated carbocycles. The minimum Gasteiger partial charge on any atom is -0.366 e. The van der Waals surface area contributed by atoms with Crippen LogP contribution in [0.4, 0.5) is 8.78 Å². The van der Waals surface area contributed by atoms with Crippen LogP contribution in [0.25, 0.3) is 0 Å². The lowest BCUT2D eigenvalue weighted by Gasteiger charge is -2.42. The van der Waals surface area contributed by atoms with Gasteiger partial charge in [-0.3, -0.25) is 14.6 Å². The van der Waals surface area contributed by atoms with E-state index in [1.165, 1.54) is 36.5 Å². The van der Waals surface area contributed by atoms with Crippen LogP contribution < -0.4 is 11.1 Å². The number of halogens is 2. The zero-order chi connectivity index (χ0) is 18.0. The van der Waals surface area contributed by atoms with Gasteiger partial charge in [-0.05, 0) is 37.1 Å². The lowest BCUT2D eigenvalue weighted by atomic mass is 9.64. The summed E-state index contributed by atoms with van der Waals surface area (Å²) in [6.45, 7) is 0.114. The highest BCUT2D eigenvalue weighted by molar-refractivity contribution is 5.95. The number of amides is 2. The maximum atomic E-state index is 14.1. The first kappa shape index (κ1) is 17.0. The van der Waals surface area contributed by atoms with E-state index in [-0.39, 0.29) is 23.4 Å². The van der Waals surface area contributed by atoms with E-state index in [2.05, 4.69) is 10.3 Å².